The smallest absolute Gasteiger partial charge is 0.320 e. The topological polar surface area (TPSA) is 63.3 Å². The van der Waals surface area contributed by atoms with Crippen LogP contribution in [0, 0.1) is 0 Å². The van der Waals surface area contributed by atoms with Crippen LogP contribution in [0.5, 0.6) is 0 Å². The summed E-state index contributed by atoms with van der Waals surface area (Å²) in [6.07, 6.45) is 2.23. The minimum Gasteiger partial charge on any atom is -0.480 e. The number of hydrogen-bond acceptors (Lipinski definition) is 3. The third-order valence-corrected chi connectivity index (χ3v) is 2.86. The van der Waals surface area contributed by atoms with Crippen molar-refractivity contribution in [2.75, 3.05) is 6.26 Å². The monoisotopic (exact) mass is 245 g/mol. The molecule has 0 aliphatic heterocycles. The molecule has 82 valence electrons. The summed E-state index contributed by atoms with van der Waals surface area (Å²) in [6.45, 7) is 0. The zero-order valence-electron chi connectivity index (χ0n) is 8.24. The van der Waals surface area contributed by atoms with Crippen LogP contribution in [-0.4, -0.2) is 23.4 Å². The van der Waals surface area contributed by atoms with Gasteiger partial charge in [0.15, 0.2) is 0 Å². The maximum Gasteiger partial charge on any atom is 0.320 e. The molecule has 0 bridgehead atoms. The van der Waals surface area contributed by atoms with Gasteiger partial charge in [0.2, 0.25) is 0 Å². The fourth-order valence-corrected chi connectivity index (χ4v) is 2.03. The van der Waals surface area contributed by atoms with Gasteiger partial charge in [0.05, 0.1) is 0 Å². The van der Waals surface area contributed by atoms with E-state index in [4.69, 9.17) is 22.4 Å². The summed E-state index contributed by atoms with van der Waals surface area (Å²) in [5.41, 5.74) is 6.29. The van der Waals surface area contributed by atoms with E-state index in [9.17, 15) is 4.79 Å². The predicted octanol–water partition coefficient (Wildman–Crippen LogP) is 2.02. The van der Waals surface area contributed by atoms with Gasteiger partial charge in [0, 0.05) is 9.92 Å². The summed E-state index contributed by atoms with van der Waals surface area (Å²) in [4.78, 5) is 11.6. The van der Waals surface area contributed by atoms with E-state index in [1.807, 2.05) is 18.4 Å². The first-order valence-corrected chi connectivity index (χ1v) is 5.95. The molecule has 1 rings (SSSR count). The maximum absolute atomic E-state index is 10.6. The van der Waals surface area contributed by atoms with Crippen molar-refractivity contribution in [3.63, 3.8) is 0 Å². The average Bonchev–Trinajstić information content (AvgIpc) is 2.16. The summed E-state index contributed by atoms with van der Waals surface area (Å²) in [5, 5.41) is 9.28. The van der Waals surface area contributed by atoms with Crippen molar-refractivity contribution in [3.05, 3.63) is 28.8 Å². The number of rotatable bonds is 4. The first kappa shape index (κ1) is 12.4. The van der Waals surface area contributed by atoms with Crippen LogP contribution in [0.2, 0.25) is 5.02 Å². The van der Waals surface area contributed by atoms with Crippen LogP contribution in [0.15, 0.2) is 23.1 Å². The van der Waals surface area contributed by atoms with E-state index in [1.54, 1.807) is 17.8 Å². The number of carboxylic acid groups (broad SMARTS) is 1. The molecule has 15 heavy (non-hydrogen) atoms. The Kier molecular flexibility index (Phi) is 4.45. The molecule has 0 amide bonds. The molecule has 0 aromatic heterocycles. The van der Waals surface area contributed by atoms with Gasteiger partial charge in [-0.25, -0.2) is 0 Å². The van der Waals surface area contributed by atoms with Crippen LogP contribution in [0.1, 0.15) is 5.56 Å². The molecule has 0 aliphatic rings. The zero-order chi connectivity index (χ0) is 11.4. The predicted molar refractivity (Wildman–Crippen MR) is 62.5 cm³/mol. The van der Waals surface area contributed by atoms with Crippen LogP contribution >= 0.6 is 23.4 Å². The fraction of sp³-hybridized carbons (Fsp3) is 0.300. The lowest BCUT2D eigenvalue weighted by Gasteiger charge is -2.08. The van der Waals surface area contributed by atoms with Crippen molar-refractivity contribution < 1.29 is 9.90 Å². The second-order valence-corrected chi connectivity index (χ2v) is 4.46. The summed E-state index contributed by atoms with van der Waals surface area (Å²) >= 11 is 7.45. The SMILES string of the molecule is CSc1cc(Cl)cc(CC(N)C(=O)O)c1. The van der Waals surface area contributed by atoms with Crippen LogP contribution < -0.4 is 5.73 Å². The minimum absolute atomic E-state index is 0.295. The fourth-order valence-electron chi connectivity index (χ4n) is 1.20. The van der Waals surface area contributed by atoms with E-state index in [0.717, 1.165) is 10.5 Å². The van der Waals surface area contributed by atoms with Crippen LogP contribution in [-0.2, 0) is 11.2 Å². The zero-order valence-corrected chi connectivity index (χ0v) is 9.81. The van der Waals surface area contributed by atoms with Gasteiger partial charge in [-0.2, -0.15) is 0 Å². The van der Waals surface area contributed by atoms with Gasteiger partial charge in [0.25, 0.3) is 0 Å². The summed E-state index contributed by atoms with van der Waals surface area (Å²) in [5.74, 6) is -0.999. The van der Waals surface area contributed by atoms with Crippen molar-refractivity contribution in [2.24, 2.45) is 5.73 Å². The van der Waals surface area contributed by atoms with Crippen LogP contribution in [0.3, 0.4) is 0 Å². The molecule has 1 unspecified atom stereocenters. The highest BCUT2D eigenvalue weighted by Gasteiger charge is 2.12. The van der Waals surface area contributed by atoms with Crippen LogP contribution in [0.25, 0.3) is 0 Å². The number of aliphatic carboxylic acids is 1. The lowest BCUT2D eigenvalue weighted by Crippen LogP contribution is -2.32. The standard InChI is InChI=1S/C10H12ClNO2S/c1-15-8-3-6(2-7(11)5-8)4-9(12)10(13)14/h2-3,5,9H,4,12H2,1H3,(H,13,14). The molecule has 0 saturated carbocycles. The molecular formula is C10H12ClNO2S. The number of halogens is 1. The van der Waals surface area contributed by atoms with Crippen molar-refractivity contribution in [3.8, 4) is 0 Å². The average molecular weight is 246 g/mol. The minimum atomic E-state index is -0.999. The lowest BCUT2D eigenvalue weighted by atomic mass is 10.1. The second kappa shape index (κ2) is 5.39. The molecule has 3 N–H and O–H groups in total. The largest absolute Gasteiger partial charge is 0.480 e. The quantitative estimate of drug-likeness (QED) is 0.797. The summed E-state index contributed by atoms with van der Waals surface area (Å²) < 4.78 is 0. The van der Waals surface area contributed by atoms with E-state index in [1.165, 1.54) is 0 Å². The maximum atomic E-state index is 10.6. The summed E-state index contributed by atoms with van der Waals surface area (Å²) in [7, 11) is 0. The molecule has 0 fully saturated rings. The molecule has 0 saturated heterocycles. The Labute approximate surface area is 97.6 Å². The van der Waals surface area contributed by atoms with Gasteiger partial charge in [-0.1, -0.05) is 11.6 Å². The van der Waals surface area contributed by atoms with Crippen molar-refractivity contribution in [2.45, 2.75) is 17.4 Å². The Hall–Kier alpha value is -0.710. The Morgan fingerprint density at radius 3 is 2.80 bits per heavy atom. The molecule has 1 aromatic rings. The first-order valence-electron chi connectivity index (χ1n) is 4.34. The number of thioether (sulfide) groups is 1. The van der Waals surface area contributed by atoms with Gasteiger partial charge in [-0.3, -0.25) is 4.79 Å². The second-order valence-electron chi connectivity index (χ2n) is 3.15. The normalized spacial score (nSPS) is 12.5. The van der Waals surface area contributed by atoms with Crippen molar-refractivity contribution in [1.29, 1.82) is 0 Å². The molecule has 1 atom stereocenters. The Morgan fingerprint density at radius 1 is 1.60 bits per heavy atom. The van der Waals surface area contributed by atoms with Gasteiger partial charge >= 0.3 is 5.97 Å². The van der Waals surface area contributed by atoms with E-state index < -0.39 is 12.0 Å². The highest BCUT2D eigenvalue weighted by Crippen LogP contribution is 2.22. The number of carboxylic acids is 1. The van der Waals surface area contributed by atoms with Crippen LogP contribution in [0.4, 0.5) is 0 Å². The van der Waals surface area contributed by atoms with E-state index >= 15 is 0 Å². The molecule has 1 aromatic carbocycles. The molecule has 5 heteroatoms. The number of carbonyl (C=O) groups is 1. The van der Waals surface area contributed by atoms with E-state index in [0.29, 0.717) is 11.4 Å². The Bertz CT molecular complexity index is 370. The Balaban J connectivity index is 2.85. The molecular weight excluding hydrogens is 234 g/mol. The number of benzene rings is 1. The van der Waals surface area contributed by atoms with Crippen molar-refractivity contribution in [1.82, 2.24) is 0 Å². The van der Waals surface area contributed by atoms with Gasteiger partial charge in [0.1, 0.15) is 6.04 Å². The van der Waals surface area contributed by atoms with E-state index in [2.05, 4.69) is 0 Å². The third kappa shape index (κ3) is 3.74. The number of nitrogens with two attached hydrogens (primary N) is 1. The van der Waals surface area contributed by atoms with Gasteiger partial charge in [-0.15, -0.1) is 11.8 Å². The molecule has 0 heterocycles. The first-order chi connectivity index (χ1) is 7.02. The molecule has 0 aliphatic carbocycles. The molecule has 3 nitrogen and oxygen atoms in total. The Morgan fingerprint density at radius 2 is 2.27 bits per heavy atom. The third-order valence-electron chi connectivity index (χ3n) is 1.94. The van der Waals surface area contributed by atoms with Gasteiger partial charge < -0.3 is 10.8 Å². The highest BCUT2D eigenvalue weighted by atomic mass is 35.5. The lowest BCUT2D eigenvalue weighted by molar-refractivity contribution is -0.138. The molecule has 0 spiro atoms. The van der Waals surface area contributed by atoms with Crippen molar-refractivity contribution >= 4 is 29.3 Å². The highest BCUT2D eigenvalue weighted by molar-refractivity contribution is 7.98. The van der Waals surface area contributed by atoms with Gasteiger partial charge in [-0.05, 0) is 36.4 Å². The van der Waals surface area contributed by atoms with E-state index in [-0.39, 0.29) is 0 Å². The molecule has 0 radical (unpaired) electrons. The summed E-state index contributed by atoms with van der Waals surface area (Å²) in [6, 6.07) is 4.60. The number of hydrogen-bond donors (Lipinski definition) is 2.